The smallest absolute Gasteiger partial charge is 0.326 e. The maximum Gasteiger partial charge on any atom is 0.326 e. The molecule has 1 aliphatic rings. The highest BCUT2D eigenvalue weighted by Crippen LogP contribution is 2.27. The summed E-state index contributed by atoms with van der Waals surface area (Å²) in [6.45, 7) is 0.581. The van der Waals surface area contributed by atoms with Crippen molar-refractivity contribution in [3.05, 3.63) is 47.8 Å². The number of benzene rings is 1. The number of hydrogen-bond donors (Lipinski definition) is 1. The number of carboxylic acid groups (broad SMARTS) is 1. The van der Waals surface area contributed by atoms with E-state index in [-0.39, 0.29) is 0 Å². The summed E-state index contributed by atoms with van der Waals surface area (Å²) < 4.78 is 1.85. The molecule has 0 radical (unpaired) electrons. The average Bonchev–Trinajstić information content (AvgIpc) is 2.83. The monoisotopic (exact) mass is 257 g/mol. The zero-order chi connectivity index (χ0) is 13.4. The van der Waals surface area contributed by atoms with Crippen LogP contribution in [0.1, 0.15) is 11.1 Å². The van der Waals surface area contributed by atoms with E-state index in [0.29, 0.717) is 18.9 Å². The number of anilines is 1. The van der Waals surface area contributed by atoms with E-state index in [1.165, 1.54) is 5.56 Å². The number of rotatable bonds is 2. The maximum atomic E-state index is 11.5. The van der Waals surface area contributed by atoms with Gasteiger partial charge in [0.1, 0.15) is 6.04 Å². The van der Waals surface area contributed by atoms with E-state index in [1.807, 2.05) is 47.0 Å². The van der Waals surface area contributed by atoms with Gasteiger partial charge in [0.15, 0.2) is 0 Å². The highest BCUT2D eigenvalue weighted by Gasteiger charge is 2.33. The summed E-state index contributed by atoms with van der Waals surface area (Å²) in [5.74, 6) is -0.112. The molecule has 1 unspecified atom stereocenters. The summed E-state index contributed by atoms with van der Waals surface area (Å²) >= 11 is 0. The number of aromatic nitrogens is 2. The lowest BCUT2D eigenvalue weighted by atomic mass is 9.94. The Morgan fingerprint density at radius 3 is 2.74 bits per heavy atom. The minimum Gasteiger partial charge on any atom is -0.480 e. The Hall–Kier alpha value is -2.30. The van der Waals surface area contributed by atoms with Crippen LogP contribution in [-0.4, -0.2) is 26.7 Å². The molecule has 19 heavy (non-hydrogen) atoms. The van der Waals surface area contributed by atoms with Crippen molar-refractivity contribution in [2.45, 2.75) is 19.0 Å². The molecule has 0 fully saturated rings. The van der Waals surface area contributed by atoms with Crippen LogP contribution in [0.25, 0.3) is 0 Å². The van der Waals surface area contributed by atoms with Gasteiger partial charge in [0.25, 0.3) is 0 Å². The van der Waals surface area contributed by atoms with Crippen LogP contribution in [0, 0.1) is 0 Å². The van der Waals surface area contributed by atoms with Gasteiger partial charge in [-0.3, -0.25) is 0 Å². The van der Waals surface area contributed by atoms with Gasteiger partial charge in [-0.2, -0.15) is 0 Å². The molecule has 1 aliphatic heterocycles. The molecule has 5 heteroatoms. The summed E-state index contributed by atoms with van der Waals surface area (Å²) in [7, 11) is 1.88. The van der Waals surface area contributed by atoms with Crippen LogP contribution >= 0.6 is 0 Å². The number of hydrogen-bond acceptors (Lipinski definition) is 3. The molecule has 0 saturated carbocycles. The van der Waals surface area contributed by atoms with Crippen molar-refractivity contribution in [3.63, 3.8) is 0 Å². The first-order valence-corrected chi connectivity index (χ1v) is 6.20. The van der Waals surface area contributed by atoms with Crippen molar-refractivity contribution in [2.75, 3.05) is 4.90 Å². The van der Waals surface area contributed by atoms with Crippen LogP contribution in [0.3, 0.4) is 0 Å². The Balaban J connectivity index is 2.03. The first kappa shape index (κ1) is 11.8. The molecule has 5 nitrogen and oxygen atoms in total. The fraction of sp³-hybridized carbons (Fsp3) is 0.286. The van der Waals surface area contributed by atoms with Crippen molar-refractivity contribution < 1.29 is 9.90 Å². The summed E-state index contributed by atoms with van der Waals surface area (Å²) in [5, 5.41) is 9.45. The molecular formula is C14H15N3O2. The van der Waals surface area contributed by atoms with Gasteiger partial charge in [-0.05, 0) is 11.1 Å². The van der Waals surface area contributed by atoms with Gasteiger partial charge in [-0.15, -0.1) is 0 Å². The number of carbonyl (C=O) groups is 1. The van der Waals surface area contributed by atoms with Gasteiger partial charge in [0.05, 0.1) is 0 Å². The van der Waals surface area contributed by atoms with E-state index in [2.05, 4.69) is 4.98 Å². The van der Waals surface area contributed by atoms with Gasteiger partial charge in [-0.1, -0.05) is 24.3 Å². The molecule has 0 saturated heterocycles. The summed E-state index contributed by atoms with van der Waals surface area (Å²) in [4.78, 5) is 17.6. The molecule has 1 atom stereocenters. The van der Waals surface area contributed by atoms with E-state index >= 15 is 0 Å². The lowest BCUT2D eigenvalue weighted by Gasteiger charge is -2.35. The molecule has 0 amide bonds. The van der Waals surface area contributed by atoms with E-state index in [0.717, 1.165) is 5.56 Å². The Morgan fingerprint density at radius 2 is 2.11 bits per heavy atom. The van der Waals surface area contributed by atoms with Gasteiger partial charge >= 0.3 is 5.97 Å². The lowest BCUT2D eigenvalue weighted by Crippen LogP contribution is -2.46. The lowest BCUT2D eigenvalue weighted by molar-refractivity contribution is -0.138. The molecule has 0 aliphatic carbocycles. The second kappa shape index (κ2) is 4.42. The maximum absolute atomic E-state index is 11.5. The van der Waals surface area contributed by atoms with Crippen LogP contribution in [0.5, 0.6) is 0 Å². The highest BCUT2D eigenvalue weighted by atomic mass is 16.4. The number of fused-ring (bicyclic) bond motifs is 1. The Labute approximate surface area is 111 Å². The topological polar surface area (TPSA) is 58.4 Å². The fourth-order valence-corrected chi connectivity index (χ4v) is 2.59. The molecule has 1 aromatic carbocycles. The van der Waals surface area contributed by atoms with Gasteiger partial charge in [-0.25, -0.2) is 9.78 Å². The Morgan fingerprint density at radius 1 is 1.37 bits per heavy atom. The number of imidazole rings is 1. The molecule has 1 N–H and O–H groups in total. The standard InChI is InChI=1S/C14H15N3O2/c1-16-7-6-15-14(16)17-9-11-5-3-2-4-10(11)8-12(17)13(18)19/h2-7,12H,8-9H2,1H3,(H,18,19). The van der Waals surface area contributed by atoms with Gasteiger partial charge < -0.3 is 14.6 Å². The summed E-state index contributed by atoms with van der Waals surface area (Å²) in [6.07, 6.45) is 4.03. The first-order chi connectivity index (χ1) is 9.16. The Bertz CT molecular complexity index is 621. The van der Waals surface area contributed by atoms with Gasteiger partial charge in [0, 0.05) is 32.4 Å². The molecule has 1 aromatic heterocycles. The minimum atomic E-state index is -0.808. The van der Waals surface area contributed by atoms with Gasteiger partial charge in [0.2, 0.25) is 5.95 Å². The van der Waals surface area contributed by atoms with Crippen LogP contribution in [0.4, 0.5) is 5.95 Å². The van der Waals surface area contributed by atoms with Crippen LogP contribution in [-0.2, 0) is 24.8 Å². The third-order valence-electron chi connectivity index (χ3n) is 3.59. The zero-order valence-corrected chi connectivity index (χ0v) is 10.7. The summed E-state index contributed by atoms with van der Waals surface area (Å²) in [6, 6.07) is 7.42. The third-order valence-corrected chi connectivity index (χ3v) is 3.59. The normalized spacial score (nSPS) is 18.2. The zero-order valence-electron chi connectivity index (χ0n) is 10.7. The van der Waals surface area contributed by atoms with Crippen molar-refractivity contribution >= 4 is 11.9 Å². The van der Waals surface area contributed by atoms with E-state index in [4.69, 9.17) is 0 Å². The second-order valence-electron chi connectivity index (χ2n) is 4.79. The molecule has 0 spiro atoms. The number of aliphatic carboxylic acids is 1. The SMILES string of the molecule is Cn1ccnc1N1Cc2ccccc2CC1C(=O)O. The number of carboxylic acids is 1. The average molecular weight is 257 g/mol. The van der Waals surface area contributed by atoms with Crippen LogP contribution in [0.15, 0.2) is 36.7 Å². The van der Waals surface area contributed by atoms with Crippen molar-refractivity contribution in [2.24, 2.45) is 7.05 Å². The predicted molar refractivity (Wildman–Crippen MR) is 71.0 cm³/mol. The van der Waals surface area contributed by atoms with E-state index < -0.39 is 12.0 Å². The fourth-order valence-electron chi connectivity index (χ4n) is 2.59. The third kappa shape index (κ3) is 1.97. The van der Waals surface area contributed by atoms with Crippen molar-refractivity contribution in [3.8, 4) is 0 Å². The molecule has 2 heterocycles. The minimum absolute atomic E-state index is 0.512. The predicted octanol–water partition coefficient (Wildman–Crippen LogP) is 1.44. The first-order valence-electron chi connectivity index (χ1n) is 6.20. The molecule has 3 rings (SSSR count). The van der Waals surface area contributed by atoms with Crippen molar-refractivity contribution in [1.82, 2.24) is 9.55 Å². The number of nitrogens with zero attached hydrogens (tertiary/aromatic N) is 3. The van der Waals surface area contributed by atoms with Crippen LogP contribution < -0.4 is 4.90 Å². The molecule has 0 bridgehead atoms. The highest BCUT2D eigenvalue weighted by molar-refractivity contribution is 5.78. The van der Waals surface area contributed by atoms with Crippen molar-refractivity contribution in [1.29, 1.82) is 0 Å². The largest absolute Gasteiger partial charge is 0.480 e. The molecule has 2 aromatic rings. The molecular weight excluding hydrogens is 242 g/mol. The number of aryl methyl sites for hydroxylation is 1. The van der Waals surface area contributed by atoms with E-state index in [1.54, 1.807) is 6.20 Å². The molecule has 98 valence electrons. The van der Waals surface area contributed by atoms with Crippen LogP contribution in [0.2, 0.25) is 0 Å². The summed E-state index contributed by atoms with van der Waals surface area (Å²) in [5.41, 5.74) is 2.28. The quantitative estimate of drug-likeness (QED) is 0.884. The van der Waals surface area contributed by atoms with E-state index in [9.17, 15) is 9.90 Å². The Kier molecular flexibility index (Phi) is 2.74. The second-order valence-corrected chi connectivity index (χ2v) is 4.79.